The van der Waals surface area contributed by atoms with Crippen LogP contribution in [-0.2, 0) is 0 Å². The third kappa shape index (κ3) is 2.91. The fourth-order valence-electron chi connectivity index (χ4n) is 1.35. The number of rotatable bonds is 4. The van der Waals surface area contributed by atoms with Crippen molar-refractivity contribution in [1.82, 2.24) is 9.59 Å². The van der Waals surface area contributed by atoms with Gasteiger partial charge < -0.3 is 5.32 Å². The molecule has 0 aliphatic heterocycles. The van der Waals surface area contributed by atoms with Gasteiger partial charge in [-0.2, -0.15) is 0 Å². The van der Waals surface area contributed by atoms with Gasteiger partial charge in [0.2, 0.25) is 0 Å². The van der Waals surface area contributed by atoms with Gasteiger partial charge >= 0.3 is 0 Å². The maximum Gasteiger partial charge on any atom is 0.283 e. The number of non-ortho nitro benzene ring substituents is 1. The van der Waals surface area contributed by atoms with Gasteiger partial charge in [-0.25, -0.2) is 8.78 Å². The van der Waals surface area contributed by atoms with Crippen LogP contribution in [0.25, 0.3) is 0 Å². The van der Waals surface area contributed by atoms with Crippen LogP contribution in [0.4, 0.5) is 20.2 Å². The van der Waals surface area contributed by atoms with Crippen LogP contribution >= 0.6 is 11.5 Å². The van der Waals surface area contributed by atoms with Gasteiger partial charge in [0, 0.05) is 17.8 Å². The van der Waals surface area contributed by atoms with E-state index in [0.717, 1.165) is 0 Å². The molecule has 20 heavy (non-hydrogen) atoms. The largest absolute Gasteiger partial charge is 0.321 e. The van der Waals surface area contributed by atoms with Gasteiger partial charge in [-0.15, -0.1) is 5.10 Å². The third-order valence-corrected chi connectivity index (χ3v) is 3.00. The second kappa shape index (κ2) is 5.65. The lowest BCUT2D eigenvalue weighted by Gasteiger charge is -2.03. The second-order valence-electron chi connectivity index (χ2n) is 3.55. The number of aromatic nitrogens is 2. The Kier molecular flexibility index (Phi) is 3.94. The van der Waals surface area contributed by atoms with Crippen molar-refractivity contribution in [3.63, 3.8) is 0 Å². The molecule has 1 aromatic carbocycles. The van der Waals surface area contributed by atoms with E-state index < -0.39 is 22.9 Å². The quantitative estimate of drug-likeness (QED) is 0.691. The van der Waals surface area contributed by atoms with E-state index in [1.54, 1.807) is 0 Å². The zero-order chi connectivity index (χ0) is 14.7. The smallest absolute Gasteiger partial charge is 0.283 e. The number of benzene rings is 1. The molecule has 0 radical (unpaired) electrons. The zero-order valence-corrected chi connectivity index (χ0v) is 10.4. The minimum absolute atomic E-state index is 0.143. The average Bonchev–Trinajstić information content (AvgIpc) is 2.88. The molecule has 0 atom stereocenters. The zero-order valence-electron chi connectivity index (χ0n) is 9.62. The maximum atomic E-state index is 12.6. The predicted octanol–water partition coefficient (Wildman–Crippen LogP) is 2.64. The Morgan fingerprint density at radius 1 is 1.35 bits per heavy atom. The summed E-state index contributed by atoms with van der Waals surface area (Å²) in [6, 6.07) is 4.97. The number of hydrogen-bond donors (Lipinski definition) is 1. The molecule has 104 valence electrons. The lowest BCUT2D eigenvalue weighted by atomic mass is 10.2. The number of hydrogen-bond acceptors (Lipinski definition) is 6. The lowest BCUT2D eigenvalue weighted by molar-refractivity contribution is -0.384. The fourth-order valence-corrected chi connectivity index (χ4v) is 1.92. The first-order valence-corrected chi connectivity index (χ1v) is 5.92. The summed E-state index contributed by atoms with van der Waals surface area (Å²) in [6.45, 7) is 0. The van der Waals surface area contributed by atoms with Crippen molar-refractivity contribution in [2.24, 2.45) is 0 Å². The van der Waals surface area contributed by atoms with Crippen molar-refractivity contribution in [2.45, 2.75) is 6.43 Å². The van der Waals surface area contributed by atoms with Gasteiger partial charge in [0.05, 0.1) is 4.92 Å². The summed E-state index contributed by atoms with van der Waals surface area (Å²) in [6.07, 6.45) is -2.90. The number of nitrogens with one attached hydrogen (secondary N) is 1. The first-order valence-electron chi connectivity index (χ1n) is 5.15. The maximum absolute atomic E-state index is 12.6. The van der Waals surface area contributed by atoms with Crippen LogP contribution in [0, 0.1) is 10.1 Å². The Labute approximate surface area is 114 Å². The molecule has 0 spiro atoms. The van der Waals surface area contributed by atoms with E-state index in [1.807, 2.05) is 0 Å². The van der Waals surface area contributed by atoms with E-state index in [-0.39, 0.29) is 16.3 Å². The fraction of sp³-hybridized carbons (Fsp3) is 0.100. The molecule has 0 saturated heterocycles. The Morgan fingerprint density at radius 2 is 2.00 bits per heavy atom. The van der Waals surface area contributed by atoms with E-state index in [4.69, 9.17) is 0 Å². The van der Waals surface area contributed by atoms with Gasteiger partial charge in [0.25, 0.3) is 18.0 Å². The summed E-state index contributed by atoms with van der Waals surface area (Å²) < 4.78 is 28.4. The number of nitro benzene ring substituents is 1. The van der Waals surface area contributed by atoms with Crippen LogP contribution < -0.4 is 5.32 Å². The van der Waals surface area contributed by atoms with Crippen LogP contribution in [-0.4, -0.2) is 20.4 Å². The summed E-state index contributed by atoms with van der Waals surface area (Å²) in [5, 5.41) is 16.0. The van der Waals surface area contributed by atoms with E-state index in [2.05, 4.69) is 14.9 Å². The highest BCUT2D eigenvalue weighted by atomic mass is 32.1. The number of amides is 1. The molecule has 1 aromatic heterocycles. The van der Waals surface area contributed by atoms with Crippen LogP contribution in [0.5, 0.6) is 0 Å². The summed E-state index contributed by atoms with van der Waals surface area (Å²) in [5.41, 5.74) is -0.584. The number of nitro groups is 1. The summed E-state index contributed by atoms with van der Waals surface area (Å²) in [4.78, 5) is 21.3. The molecular weight excluding hydrogens is 294 g/mol. The standard InChI is InChI=1S/C10H6F2N4O3S/c11-9(12)7-8(20-15-14-7)10(17)13-5-1-3-6(4-2-5)16(18)19/h1-4,9H,(H,13,17). The van der Waals surface area contributed by atoms with Gasteiger partial charge in [-0.05, 0) is 23.7 Å². The molecule has 1 N–H and O–H groups in total. The molecule has 2 aromatic rings. The van der Waals surface area contributed by atoms with Crippen molar-refractivity contribution in [2.75, 3.05) is 5.32 Å². The van der Waals surface area contributed by atoms with Gasteiger partial charge in [-0.3, -0.25) is 14.9 Å². The van der Waals surface area contributed by atoms with E-state index >= 15 is 0 Å². The number of nitrogens with zero attached hydrogens (tertiary/aromatic N) is 3. The molecule has 0 fully saturated rings. The Hall–Kier alpha value is -2.49. The van der Waals surface area contributed by atoms with Crippen LogP contribution in [0.15, 0.2) is 24.3 Å². The van der Waals surface area contributed by atoms with Crippen molar-refractivity contribution >= 4 is 28.8 Å². The minimum Gasteiger partial charge on any atom is -0.321 e. The lowest BCUT2D eigenvalue weighted by Crippen LogP contribution is -2.12. The van der Waals surface area contributed by atoms with Crippen molar-refractivity contribution in [3.8, 4) is 0 Å². The first kappa shape index (κ1) is 13.9. The SMILES string of the molecule is O=C(Nc1ccc([N+](=O)[O-])cc1)c1snnc1C(F)F. The van der Waals surface area contributed by atoms with Gasteiger partial charge in [0.15, 0.2) is 5.69 Å². The molecule has 0 aliphatic rings. The van der Waals surface area contributed by atoms with Gasteiger partial charge in [0.1, 0.15) is 4.88 Å². The van der Waals surface area contributed by atoms with E-state index in [0.29, 0.717) is 11.5 Å². The van der Waals surface area contributed by atoms with E-state index in [9.17, 15) is 23.7 Å². The normalized spacial score (nSPS) is 10.6. The Balaban J connectivity index is 2.15. The van der Waals surface area contributed by atoms with Crippen LogP contribution in [0.1, 0.15) is 21.8 Å². The van der Waals surface area contributed by atoms with Crippen LogP contribution in [0.2, 0.25) is 0 Å². The number of carbonyl (C=O) groups is 1. The summed E-state index contributed by atoms with van der Waals surface area (Å²) >= 11 is 0.552. The average molecular weight is 300 g/mol. The minimum atomic E-state index is -2.90. The molecule has 1 heterocycles. The van der Waals surface area contributed by atoms with E-state index in [1.165, 1.54) is 24.3 Å². The Morgan fingerprint density at radius 3 is 2.55 bits per heavy atom. The van der Waals surface area contributed by atoms with Crippen LogP contribution in [0.3, 0.4) is 0 Å². The molecule has 7 nitrogen and oxygen atoms in total. The number of carbonyl (C=O) groups excluding carboxylic acids is 1. The summed E-state index contributed by atoms with van der Waals surface area (Å²) in [7, 11) is 0. The predicted molar refractivity (Wildman–Crippen MR) is 65.9 cm³/mol. The topological polar surface area (TPSA) is 98.0 Å². The molecule has 0 bridgehead atoms. The molecule has 2 rings (SSSR count). The van der Waals surface area contributed by atoms with Crippen molar-refractivity contribution < 1.29 is 18.5 Å². The molecule has 10 heteroatoms. The summed E-state index contributed by atoms with van der Waals surface area (Å²) in [5.74, 6) is -0.788. The van der Waals surface area contributed by atoms with Crippen molar-refractivity contribution in [1.29, 1.82) is 0 Å². The van der Waals surface area contributed by atoms with Crippen molar-refractivity contribution in [3.05, 3.63) is 45.0 Å². The molecular formula is C10H6F2N4O3S. The third-order valence-electron chi connectivity index (χ3n) is 2.26. The monoisotopic (exact) mass is 300 g/mol. The van der Waals surface area contributed by atoms with Gasteiger partial charge in [-0.1, -0.05) is 4.49 Å². The highest BCUT2D eigenvalue weighted by Gasteiger charge is 2.23. The number of halogens is 2. The first-order chi connectivity index (χ1) is 9.49. The highest BCUT2D eigenvalue weighted by Crippen LogP contribution is 2.24. The number of anilines is 1. The molecule has 1 amide bonds. The highest BCUT2D eigenvalue weighted by molar-refractivity contribution is 7.08. The number of alkyl halides is 2. The Bertz CT molecular complexity index is 644. The second-order valence-corrected chi connectivity index (χ2v) is 4.30. The molecule has 0 unspecified atom stereocenters. The molecule has 0 saturated carbocycles. The molecule has 0 aliphatic carbocycles.